The van der Waals surface area contributed by atoms with Gasteiger partial charge in [0.05, 0.1) is 7.11 Å². The van der Waals surface area contributed by atoms with E-state index in [9.17, 15) is 9.59 Å². The Morgan fingerprint density at radius 1 is 1.32 bits per heavy atom. The van der Waals surface area contributed by atoms with Crippen molar-refractivity contribution in [3.8, 4) is 5.75 Å². The predicted octanol–water partition coefficient (Wildman–Crippen LogP) is 3.45. The first-order valence-electron chi connectivity index (χ1n) is 7.80. The van der Waals surface area contributed by atoms with Gasteiger partial charge in [-0.25, -0.2) is 9.78 Å². The second-order valence-corrected chi connectivity index (χ2v) is 6.97. The van der Waals surface area contributed by atoms with Crippen molar-refractivity contribution in [2.45, 2.75) is 26.7 Å². The molecule has 2 aromatic heterocycles. The Morgan fingerprint density at radius 2 is 2.12 bits per heavy atom. The van der Waals surface area contributed by atoms with Crippen molar-refractivity contribution < 1.29 is 13.9 Å². The molecule has 0 fully saturated rings. The molecule has 3 aromatic rings. The normalized spacial score (nSPS) is 10.8. The molecule has 0 aliphatic heterocycles. The molecule has 0 radical (unpaired) electrons. The number of carbonyl (C=O) groups is 1. The highest BCUT2D eigenvalue weighted by molar-refractivity contribution is 7.15. The van der Waals surface area contributed by atoms with E-state index in [1.54, 1.807) is 19.4 Å². The summed E-state index contributed by atoms with van der Waals surface area (Å²) in [6, 6.07) is 5.06. The molecule has 0 spiro atoms. The molecule has 130 valence electrons. The summed E-state index contributed by atoms with van der Waals surface area (Å²) in [7, 11) is 1.55. The predicted molar refractivity (Wildman–Crippen MR) is 97.6 cm³/mol. The lowest BCUT2D eigenvalue weighted by atomic mass is 10.0. The number of thiazole rings is 1. The second kappa shape index (κ2) is 7.06. The van der Waals surface area contributed by atoms with Gasteiger partial charge in [-0.1, -0.05) is 0 Å². The van der Waals surface area contributed by atoms with Gasteiger partial charge in [0.25, 0.3) is 0 Å². The molecule has 1 amide bonds. The number of ether oxygens (including phenoxy) is 1. The van der Waals surface area contributed by atoms with Gasteiger partial charge in [-0.15, -0.1) is 11.3 Å². The number of amides is 1. The summed E-state index contributed by atoms with van der Waals surface area (Å²) < 4.78 is 10.6. The van der Waals surface area contributed by atoms with Gasteiger partial charge in [-0.2, -0.15) is 0 Å². The quantitative estimate of drug-likeness (QED) is 0.707. The number of benzene rings is 1. The molecule has 3 rings (SSSR count). The maximum atomic E-state index is 12.1. The number of aromatic nitrogens is 1. The fraction of sp³-hybridized carbons (Fsp3) is 0.278. The van der Waals surface area contributed by atoms with Crippen molar-refractivity contribution in [2.24, 2.45) is 0 Å². The van der Waals surface area contributed by atoms with Gasteiger partial charge >= 0.3 is 5.63 Å². The number of hydrogen-bond donors (Lipinski definition) is 1. The van der Waals surface area contributed by atoms with E-state index >= 15 is 0 Å². The van der Waals surface area contributed by atoms with Gasteiger partial charge in [0.1, 0.15) is 11.3 Å². The second-order valence-electron chi connectivity index (χ2n) is 5.73. The van der Waals surface area contributed by atoms with E-state index in [0.29, 0.717) is 29.3 Å². The van der Waals surface area contributed by atoms with E-state index in [-0.39, 0.29) is 5.91 Å². The van der Waals surface area contributed by atoms with Crippen molar-refractivity contribution in [1.82, 2.24) is 4.98 Å². The van der Waals surface area contributed by atoms with E-state index in [1.165, 1.54) is 17.4 Å². The summed E-state index contributed by atoms with van der Waals surface area (Å²) in [4.78, 5) is 28.8. The van der Waals surface area contributed by atoms with Crippen LogP contribution in [0.1, 0.15) is 22.4 Å². The van der Waals surface area contributed by atoms with Gasteiger partial charge in [-0.3, -0.25) is 4.79 Å². The van der Waals surface area contributed by atoms with Gasteiger partial charge in [0, 0.05) is 35.0 Å². The van der Waals surface area contributed by atoms with Crippen LogP contribution in [0.4, 0.5) is 5.13 Å². The molecule has 0 saturated carbocycles. The molecule has 2 heterocycles. The van der Waals surface area contributed by atoms with Crippen molar-refractivity contribution >= 4 is 33.3 Å². The summed E-state index contributed by atoms with van der Waals surface area (Å²) >= 11 is 1.44. The SMILES string of the molecule is COc1cc2oc(=O)cc(C)c2cc1CCC(=O)Nc1ncc(C)s1. The zero-order chi connectivity index (χ0) is 18.0. The van der Waals surface area contributed by atoms with E-state index in [2.05, 4.69) is 10.3 Å². The number of hydrogen-bond acceptors (Lipinski definition) is 6. The minimum Gasteiger partial charge on any atom is -0.496 e. The summed E-state index contributed by atoms with van der Waals surface area (Å²) in [5.41, 5.74) is 1.81. The maximum absolute atomic E-state index is 12.1. The first kappa shape index (κ1) is 17.2. The van der Waals surface area contributed by atoms with E-state index in [0.717, 1.165) is 21.4 Å². The van der Waals surface area contributed by atoms with Gasteiger partial charge < -0.3 is 14.5 Å². The summed E-state index contributed by atoms with van der Waals surface area (Å²) in [5, 5.41) is 4.24. The number of carbonyl (C=O) groups excluding carboxylic acids is 1. The van der Waals surface area contributed by atoms with Gasteiger partial charge in [0.2, 0.25) is 5.91 Å². The van der Waals surface area contributed by atoms with Crippen molar-refractivity contribution in [2.75, 3.05) is 12.4 Å². The van der Waals surface area contributed by atoms with Crippen LogP contribution in [0.15, 0.2) is 33.6 Å². The minimum absolute atomic E-state index is 0.104. The number of rotatable bonds is 5. The maximum Gasteiger partial charge on any atom is 0.336 e. The third-order valence-electron chi connectivity index (χ3n) is 3.84. The van der Waals surface area contributed by atoms with Crippen LogP contribution < -0.4 is 15.7 Å². The van der Waals surface area contributed by atoms with E-state index in [4.69, 9.17) is 9.15 Å². The fourth-order valence-electron chi connectivity index (χ4n) is 2.62. The first-order chi connectivity index (χ1) is 12.0. The van der Waals surface area contributed by atoms with Gasteiger partial charge in [0.15, 0.2) is 5.13 Å². The molecule has 0 unspecified atom stereocenters. The van der Waals surface area contributed by atoms with E-state index in [1.807, 2.05) is 19.9 Å². The van der Waals surface area contributed by atoms with E-state index < -0.39 is 5.63 Å². The average Bonchev–Trinajstić information content (AvgIpc) is 2.97. The summed E-state index contributed by atoms with van der Waals surface area (Å²) in [6.45, 7) is 3.79. The Morgan fingerprint density at radius 3 is 2.80 bits per heavy atom. The zero-order valence-corrected chi connectivity index (χ0v) is 15.0. The fourth-order valence-corrected chi connectivity index (χ4v) is 3.30. The molecule has 6 nitrogen and oxygen atoms in total. The molecule has 1 N–H and O–H groups in total. The first-order valence-corrected chi connectivity index (χ1v) is 8.61. The lowest BCUT2D eigenvalue weighted by Gasteiger charge is -2.11. The molecule has 0 aliphatic rings. The highest BCUT2D eigenvalue weighted by atomic mass is 32.1. The highest BCUT2D eigenvalue weighted by Crippen LogP contribution is 2.28. The smallest absolute Gasteiger partial charge is 0.336 e. The van der Waals surface area contributed by atoms with Crippen LogP contribution in [0, 0.1) is 13.8 Å². The van der Waals surface area contributed by atoms with Crippen molar-refractivity contribution in [3.05, 3.63) is 50.8 Å². The monoisotopic (exact) mass is 358 g/mol. The van der Waals surface area contributed by atoms with Crippen LogP contribution >= 0.6 is 11.3 Å². The lowest BCUT2D eigenvalue weighted by molar-refractivity contribution is -0.116. The molecule has 0 bridgehead atoms. The Kier molecular flexibility index (Phi) is 4.85. The number of nitrogens with zero attached hydrogens (tertiary/aromatic N) is 1. The lowest BCUT2D eigenvalue weighted by Crippen LogP contribution is -2.12. The number of methoxy groups -OCH3 is 1. The van der Waals surface area contributed by atoms with Crippen LogP contribution in [-0.2, 0) is 11.2 Å². The minimum atomic E-state index is -0.391. The molecule has 25 heavy (non-hydrogen) atoms. The Bertz CT molecular complexity index is 990. The Balaban J connectivity index is 1.80. The van der Waals surface area contributed by atoms with Crippen molar-refractivity contribution in [3.63, 3.8) is 0 Å². The third kappa shape index (κ3) is 3.88. The number of anilines is 1. The Labute approximate surface area is 148 Å². The van der Waals surface area contributed by atoms with Crippen LogP contribution in [0.2, 0.25) is 0 Å². The highest BCUT2D eigenvalue weighted by Gasteiger charge is 2.12. The molecule has 1 aromatic carbocycles. The molecule has 0 saturated heterocycles. The number of aryl methyl sites for hydroxylation is 3. The summed E-state index contributed by atoms with van der Waals surface area (Å²) in [5.74, 6) is 0.493. The third-order valence-corrected chi connectivity index (χ3v) is 4.67. The van der Waals surface area contributed by atoms with Crippen LogP contribution in [0.25, 0.3) is 11.0 Å². The zero-order valence-electron chi connectivity index (χ0n) is 14.2. The van der Waals surface area contributed by atoms with Crippen LogP contribution in [0.3, 0.4) is 0 Å². The molecular formula is C18H18N2O4S. The number of nitrogens with one attached hydrogen (secondary N) is 1. The Hall–Kier alpha value is -2.67. The van der Waals surface area contributed by atoms with Crippen LogP contribution in [0.5, 0.6) is 5.75 Å². The summed E-state index contributed by atoms with van der Waals surface area (Å²) in [6.07, 6.45) is 2.54. The molecular weight excluding hydrogens is 340 g/mol. The largest absolute Gasteiger partial charge is 0.496 e. The van der Waals surface area contributed by atoms with Gasteiger partial charge in [-0.05, 0) is 37.5 Å². The van der Waals surface area contributed by atoms with Crippen LogP contribution in [-0.4, -0.2) is 18.0 Å². The molecule has 7 heteroatoms. The topological polar surface area (TPSA) is 81.4 Å². The van der Waals surface area contributed by atoms with Crippen molar-refractivity contribution in [1.29, 1.82) is 0 Å². The molecule has 0 aliphatic carbocycles. The standard InChI is InChI=1S/C18H18N2O4S/c1-10-6-17(22)24-15-8-14(23-3)12(7-13(10)15)4-5-16(21)20-18-19-9-11(2)25-18/h6-9H,4-5H2,1-3H3,(H,19,20,21). The number of fused-ring (bicyclic) bond motifs is 1. The average molecular weight is 358 g/mol. The molecule has 0 atom stereocenters.